The van der Waals surface area contributed by atoms with Crippen LogP contribution in [0.2, 0.25) is 0 Å². The number of aromatic nitrogens is 4. The fourth-order valence-electron chi connectivity index (χ4n) is 2.85. The van der Waals surface area contributed by atoms with Crippen LogP contribution in [0.3, 0.4) is 0 Å². The van der Waals surface area contributed by atoms with Crippen molar-refractivity contribution in [1.29, 1.82) is 0 Å². The van der Waals surface area contributed by atoms with Crippen molar-refractivity contribution in [2.45, 2.75) is 6.54 Å². The van der Waals surface area contributed by atoms with E-state index in [1.54, 1.807) is 6.07 Å². The second-order valence-electron chi connectivity index (χ2n) is 6.45. The molecule has 4 aromatic rings. The molecule has 11 heteroatoms. The van der Waals surface area contributed by atoms with Crippen LogP contribution in [-0.4, -0.2) is 25.0 Å². The van der Waals surface area contributed by atoms with Crippen molar-refractivity contribution in [3.8, 4) is 11.7 Å². The molecule has 0 fully saturated rings. The predicted molar refractivity (Wildman–Crippen MR) is 103 cm³/mol. The van der Waals surface area contributed by atoms with Crippen molar-refractivity contribution in [3.63, 3.8) is 0 Å². The van der Waals surface area contributed by atoms with Gasteiger partial charge in [0.05, 0.1) is 6.54 Å². The van der Waals surface area contributed by atoms with Gasteiger partial charge in [-0.1, -0.05) is 6.07 Å². The van der Waals surface area contributed by atoms with E-state index in [-0.39, 0.29) is 35.2 Å². The van der Waals surface area contributed by atoms with Crippen molar-refractivity contribution in [2.24, 2.45) is 14.1 Å². The first-order valence-electron chi connectivity index (χ1n) is 8.79. The number of rotatable bonds is 5. The van der Waals surface area contributed by atoms with Crippen LogP contribution in [0.1, 0.15) is 16.4 Å². The predicted octanol–water partition coefficient (Wildman–Crippen LogP) is 1.41. The zero-order valence-electron chi connectivity index (χ0n) is 15.9. The number of hydrogen-bond donors (Lipinski definition) is 2. The summed E-state index contributed by atoms with van der Waals surface area (Å²) in [7, 11) is 2.86. The van der Waals surface area contributed by atoms with Gasteiger partial charge in [-0.2, -0.15) is 0 Å². The Morgan fingerprint density at radius 1 is 1.23 bits per heavy atom. The lowest BCUT2D eigenvalue weighted by Crippen LogP contribution is -2.36. The van der Waals surface area contributed by atoms with Crippen molar-refractivity contribution in [1.82, 2.24) is 24.4 Å². The lowest BCUT2D eigenvalue weighted by atomic mass is 10.3. The minimum Gasteiger partial charge on any atom is -0.426 e. The average molecular weight is 413 g/mol. The van der Waals surface area contributed by atoms with E-state index in [1.807, 2.05) is 0 Å². The Morgan fingerprint density at radius 3 is 2.80 bits per heavy atom. The molecule has 10 nitrogen and oxygen atoms in total. The maximum absolute atomic E-state index is 13.2. The minimum atomic E-state index is -0.550. The third kappa shape index (κ3) is 3.48. The van der Waals surface area contributed by atoms with Gasteiger partial charge < -0.3 is 19.5 Å². The number of hydrogen-bond acceptors (Lipinski definition) is 6. The number of amides is 1. The Kier molecular flexibility index (Phi) is 4.70. The number of fused-ring (bicyclic) bond motifs is 1. The summed E-state index contributed by atoms with van der Waals surface area (Å²) in [5.74, 6) is -0.499. The Labute approximate surface area is 167 Å². The number of aryl methyl sites for hydroxylation is 1. The highest BCUT2D eigenvalue weighted by molar-refractivity contribution is 5.91. The molecule has 0 atom stereocenters. The zero-order chi connectivity index (χ0) is 21.4. The molecule has 154 valence electrons. The molecule has 0 saturated carbocycles. The van der Waals surface area contributed by atoms with Crippen LogP contribution in [-0.2, 0) is 20.6 Å². The molecular weight excluding hydrogens is 397 g/mol. The number of ether oxygens (including phenoxy) is 1. The largest absolute Gasteiger partial charge is 0.426 e. The Hall–Kier alpha value is -4.15. The number of furan rings is 1. The van der Waals surface area contributed by atoms with E-state index in [9.17, 15) is 18.8 Å². The van der Waals surface area contributed by atoms with Gasteiger partial charge in [-0.05, 0) is 18.2 Å². The number of benzene rings is 1. The molecule has 0 saturated heterocycles. The third-order valence-corrected chi connectivity index (χ3v) is 4.38. The molecule has 1 amide bonds. The highest BCUT2D eigenvalue weighted by atomic mass is 19.1. The first-order chi connectivity index (χ1) is 14.3. The van der Waals surface area contributed by atoms with Crippen molar-refractivity contribution in [2.75, 3.05) is 0 Å². The number of imidazole rings is 1. The highest BCUT2D eigenvalue weighted by Crippen LogP contribution is 2.24. The van der Waals surface area contributed by atoms with Gasteiger partial charge in [0.25, 0.3) is 17.4 Å². The summed E-state index contributed by atoms with van der Waals surface area (Å²) >= 11 is 0. The molecule has 0 aliphatic rings. The summed E-state index contributed by atoms with van der Waals surface area (Å²) in [5, 5.41) is 2.59. The van der Waals surface area contributed by atoms with Gasteiger partial charge in [0.1, 0.15) is 22.9 Å². The lowest BCUT2D eigenvalue weighted by Gasteiger charge is -2.02. The number of carbonyl (C=O) groups is 1. The van der Waals surface area contributed by atoms with Gasteiger partial charge in [-0.25, -0.2) is 14.2 Å². The van der Waals surface area contributed by atoms with Gasteiger partial charge >= 0.3 is 5.69 Å². The molecule has 3 heterocycles. The molecule has 1 aromatic carbocycles. The van der Waals surface area contributed by atoms with E-state index >= 15 is 0 Å². The van der Waals surface area contributed by atoms with E-state index in [1.165, 1.54) is 49.0 Å². The molecule has 0 spiro atoms. The number of aromatic amines is 1. The summed E-state index contributed by atoms with van der Waals surface area (Å²) in [6.45, 7) is -0.0361. The first-order valence-corrected chi connectivity index (χ1v) is 8.79. The first kappa shape index (κ1) is 19.2. The third-order valence-electron chi connectivity index (χ3n) is 4.38. The molecule has 30 heavy (non-hydrogen) atoms. The number of H-pyrrole nitrogens is 1. The normalized spacial score (nSPS) is 11.0. The van der Waals surface area contributed by atoms with Crippen LogP contribution in [0.15, 0.2) is 50.4 Å². The molecule has 0 bridgehead atoms. The number of halogens is 1. The molecule has 0 aliphatic carbocycles. The van der Waals surface area contributed by atoms with Crippen LogP contribution in [0.5, 0.6) is 11.7 Å². The molecule has 4 rings (SSSR count). The van der Waals surface area contributed by atoms with Gasteiger partial charge in [-0.3, -0.25) is 18.7 Å². The smallest absolute Gasteiger partial charge is 0.332 e. The van der Waals surface area contributed by atoms with Gasteiger partial charge in [0, 0.05) is 26.2 Å². The SMILES string of the molecule is Cn1c(=O)c2[nH]c(CNC(=O)c3ccc(Oc4cccc(F)c4)o3)nc2n(C)c1=O. The summed E-state index contributed by atoms with van der Waals surface area (Å²) in [6.07, 6.45) is 0. The molecular formula is C19H16FN5O5. The molecule has 0 unspecified atom stereocenters. The molecule has 0 radical (unpaired) electrons. The lowest BCUT2D eigenvalue weighted by molar-refractivity contribution is 0.0917. The fraction of sp³-hybridized carbons (Fsp3) is 0.158. The quantitative estimate of drug-likeness (QED) is 0.510. The number of carbonyl (C=O) groups excluding carboxylic acids is 1. The molecule has 0 aliphatic heterocycles. The van der Waals surface area contributed by atoms with Gasteiger partial charge in [0.2, 0.25) is 0 Å². The second kappa shape index (κ2) is 7.35. The summed E-state index contributed by atoms with van der Waals surface area (Å²) in [5.41, 5.74) is -0.664. The van der Waals surface area contributed by atoms with Crippen molar-refractivity contribution >= 4 is 17.1 Å². The Bertz CT molecular complexity index is 1380. The van der Waals surface area contributed by atoms with Crippen LogP contribution >= 0.6 is 0 Å². The van der Waals surface area contributed by atoms with Crippen molar-refractivity contribution in [3.05, 3.63) is 74.6 Å². The highest BCUT2D eigenvalue weighted by Gasteiger charge is 2.16. The summed E-state index contributed by atoms with van der Waals surface area (Å²) in [4.78, 5) is 43.5. The monoisotopic (exact) mass is 413 g/mol. The van der Waals surface area contributed by atoms with Gasteiger partial charge in [-0.15, -0.1) is 0 Å². The van der Waals surface area contributed by atoms with E-state index in [0.717, 1.165) is 4.57 Å². The van der Waals surface area contributed by atoms with Crippen molar-refractivity contribution < 1.29 is 18.3 Å². The van der Waals surface area contributed by atoms with Crippen LogP contribution in [0, 0.1) is 5.82 Å². The molecule has 2 N–H and O–H groups in total. The van der Waals surface area contributed by atoms with Gasteiger partial charge in [0.15, 0.2) is 11.4 Å². The van der Waals surface area contributed by atoms with Crippen LogP contribution < -0.4 is 21.3 Å². The minimum absolute atomic E-state index is 0.0213. The summed E-state index contributed by atoms with van der Waals surface area (Å²) < 4.78 is 26.1. The fourth-order valence-corrected chi connectivity index (χ4v) is 2.85. The van der Waals surface area contributed by atoms with E-state index in [2.05, 4.69) is 15.3 Å². The van der Waals surface area contributed by atoms with E-state index in [4.69, 9.17) is 9.15 Å². The number of nitrogens with zero attached hydrogens (tertiary/aromatic N) is 3. The average Bonchev–Trinajstić information content (AvgIpc) is 3.36. The van der Waals surface area contributed by atoms with E-state index < -0.39 is 23.0 Å². The second-order valence-corrected chi connectivity index (χ2v) is 6.45. The van der Waals surface area contributed by atoms with E-state index in [0.29, 0.717) is 5.82 Å². The Morgan fingerprint density at radius 2 is 2.03 bits per heavy atom. The maximum Gasteiger partial charge on any atom is 0.332 e. The topological polar surface area (TPSA) is 124 Å². The number of nitrogens with one attached hydrogen (secondary N) is 2. The molecule has 3 aromatic heterocycles. The van der Waals surface area contributed by atoms with Crippen LogP contribution in [0.25, 0.3) is 11.2 Å². The Balaban J connectivity index is 1.47. The summed E-state index contributed by atoms with van der Waals surface area (Å²) in [6, 6.07) is 8.33. The maximum atomic E-state index is 13.2. The standard InChI is InChI=1S/C19H16FN5O5/c1-24-16-15(18(27)25(2)19(24)28)22-13(23-16)9-21-17(26)12-6-7-14(30-12)29-11-5-3-4-10(20)8-11/h3-8H,9H2,1-2H3,(H,21,26)(H,22,23). The zero-order valence-corrected chi connectivity index (χ0v) is 15.9. The van der Waals surface area contributed by atoms with Crippen LogP contribution in [0.4, 0.5) is 4.39 Å².